The zero-order valence-corrected chi connectivity index (χ0v) is 13.5. The summed E-state index contributed by atoms with van der Waals surface area (Å²) in [5, 5.41) is 12.0. The third kappa shape index (κ3) is 3.46. The second-order valence-corrected chi connectivity index (χ2v) is 6.31. The molecule has 23 heavy (non-hydrogen) atoms. The predicted molar refractivity (Wildman–Crippen MR) is 82.7 cm³/mol. The van der Waals surface area contributed by atoms with E-state index >= 15 is 0 Å². The van der Waals surface area contributed by atoms with Crippen molar-refractivity contribution in [2.75, 3.05) is 0 Å². The molecule has 0 saturated heterocycles. The van der Waals surface area contributed by atoms with Gasteiger partial charge < -0.3 is 9.73 Å². The van der Waals surface area contributed by atoms with Crippen molar-refractivity contribution in [1.82, 2.24) is 10.2 Å². The Hall–Kier alpha value is -2.12. The molecule has 2 aromatic heterocycles. The molecule has 0 fully saturated rings. The molecule has 3 aromatic rings. The topological polar surface area (TPSA) is 55.5 Å². The SMILES string of the molecule is C[C@H]([NH2+][C@H](C)c1ccc(F)c(F)c1)c1nnc(-c2cccs2)o1. The molecule has 1 aromatic carbocycles. The molecule has 0 amide bonds. The predicted octanol–water partition coefficient (Wildman–Crippen LogP) is 3.46. The minimum atomic E-state index is -0.841. The summed E-state index contributed by atoms with van der Waals surface area (Å²) in [6.07, 6.45) is 0. The lowest BCUT2D eigenvalue weighted by atomic mass is 10.1. The van der Waals surface area contributed by atoms with E-state index in [0.717, 1.165) is 10.9 Å². The lowest BCUT2D eigenvalue weighted by Gasteiger charge is -2.14. The summed E-state index contributed by atoms with van der Waals surface area (Å²) < 4.78 is 32.0. The molecule has 0 unspecified atom stereocenters. The lowest BCUT2D eigenvalue weighted by molar-refractivity contribution is -0.730. The zero-order chi connectivity index (χ0) is 16.4. The van der Waals surface area contributed by atoms with Crippen LogP contribution in [0.1, 0.15) is 37.4 Å². The highest BCUT2D eigenvalue weighted by Crippen LogP contribution is 2.24. The molecule has 2 atom stereocenters. The maximum absolute atomic E-state index is 13.3. The van der Waals surface area contributed by atoms with Crippen LogP contribution in [0.4, 0.5) is 8.78 Å². The summed E-state index contributed by atoms with van der Waals surface area (Å²) in [6.45, 7) is 3.85. The molecule has 2 heterocycles. The van der Waals surface area contributed by atoms with Crippen molar-refractivity contribution < 1.29 is 18.5 Å². The van der Waals surface area contributed by atoms with Gasteiger partial charge in [0.25, 0.3) is 11.8 Å². The van der Waals surface area contributed by atoms with Crippen LogP contribution >= 0.6 is 11.3 Å². The van der Waals surface area contributed by atoms with Gasteiger partial charge in [0, 0.05) is 5.56 Å². The molecule has 3 rings (SSSR count). The van der Waals surface area contributed by atoms with Gasteiger partial charge in [0.15, 0.2) is 17.7 Å². The molecule has 0 radical (unpaired) electrons. The molecule has 0 saturated carbocycles. The number of quaternary nitrogens is 1. The largest absolute Gasteiger partial charge is 0.414 e. The normalized spacial score (nSPS) is 13.9. The fourth-order valence-electron chi connectivity index (χ4n) is 2.34. The smallest absolute Gasteiger partial charge is 0.274 e. The van der Waals surface area contributed by atoms with E-state index in [1.165, 1.54) is 17.4 Å². The van der Waals surface area contributed by atoms with Crippen LogP contribution in [0.25, 0.3) is 10.8 Å². The van der Waals surface area contributed by atoms with Gasteiger partial charge in [0.2, 0.25) is 0 Å². The van der Waals surface area contributed by atoms with Crippen molar-refractivity contribution in [2.45, 2.75) is 25.9 Å². The van der Waals surface area contributed by atoms with E-state index in [-0.39, 0.29) is 12.1 Å². The molecular formula is C16H16F2N3OS+. The molecule has 0 bridgehead atoms. The average Bonchev–Trinajstić information content (AvgIpc) is 3.20. The van der Waals surface area contributed by atoms with Gasteiger partial charge in [0.1, 0.15) is 6.04 Å². The first-order valence-corrected chi connectivity index (χ1v) is 8.09. The van der Waals surface area contributed by atoms with Crippen LogP contribution in [0.2, 0.25) is 0 Å². The van der Waals surface area contributed by atoms with Gasteiger partial charge in [-0.15, -0.1) is 21.5 Å². The standard InChI is InChI=1S/C16H15F2N3OS/c1-9(11-5-6-12(17)13(18)8-11)19-10(2)15-20-21-16(22-15)14-4-3-7-23-14/h3-10,19H,1-2H3/p+1/t9-,10+/m1/s1. The number of aromatic nitrogens is 2. The van der Waals surface area contributed by atoms with Gasteiger partial charge in [-0.05, 0) is 43.5 Å². The summed E-state index contributed by atoms with van der Waals surface area (Å²) in [5.41, 5.74) is 0.703. The van der Waals surface area contributed by atoms with Crippen LogP contribution in [0.15, 0.2) is 40.1 Å². The van der Waals surface area contributed by atoms with Gasteiger partial charge in [0.05, 0.1) is 4.88 Å². The Kier molecular flexibility index (Phi) is 4.49. The quantitative estimate of drug-likeness (QED) is 0.776. The average molecular weight is 336 g/mol. The van der Waals surface area contributed by atoms with E-state index < -0.39 is 11.6 Å². The van der Waals surface area contributed by atoms with Crippen LogP contribution in [0.5, 0.6) is 0 Å². The van der Waals surface area contributed by atoms with Gasteiger partial charge in [-0.3, -0.25) is 0 Å². The van der Waals surface area contributed by atoms with Crippen molar-refractivity contribution in [3.63, 3.8) is 0 Å². The van der Waals surface area contributed by atoms with Crippen molar-refractivity contribution in [3.05, 3.63) is 58.8 Å². The molecule has 120 valence electrons. The fraction of sp³-hybridized carbons (Fsp3) is 0.250. The number of nitrogens with two attached hydrogens (primary N) is 1. The molecule has 2 N–H and O–H groups in total. The van der Waals surface area contributed by atoms with Crippen molar-refractivity contribution in [1.29, 1.82) is 0 Å². The number of rotatable bonds is 5. The molecule has 0 spiro atoms. The first-order chi connectivity index (χ1) is 11.0. The summed E-state index contributed by atoms with van der Waals surface area (Å²) in [7, 11) is 0. The minimum absolute atomic E-state index is 0.0720. The molecule has 4 nitrogen and oxygen atoms in total. The Bertz CT molecular complexity index is 788. The lowest BCUT2D eigenvalue weighted by Crippen LogP contribution is -2.85. The molecular weight excluding hydrogens is 320 g/mol. The highest BCUT2D eigenvalue weighted by Gasteiger charge is 2.22. The van der Waals surface area contributed by atoms with E-state index in [0.29, 0.717) is 17.3 Å². The number of hydrogen-bond acceptors (Lipinski definition) is 4. The zero-order valence-electron chi connectivity index (χ0n) is 12.7. The number of benzene rings is 1. The van der Waals surface area contributed by atoms with Crippen LogP contribution in [-0.4, -0.2) is 10.2 Å². The fourth-order valence-corrected chi connectivity index (χ4v) is 2.98. The summed E-state index contributed by atoms with van der Waals surface area (Å²) in [4.78, 5) is 0.921. The Morgan fingerprint density at radius 1 is 1.09 bits per heavy atom. The Morgan fingerprint density at radius 3 is 2.61 bits per heavy atom. The van der Waals surface area contributed by atoms with E-state index in [2.05, 4.69) is 10.2 Å². The molecule has 0 aliphatic carbocycles. The van der Waals surface area contributed by atoms with E-state index in [1.807, 2.05) is 36.7 Å². The summed E-state index contributed by atoms with van der Waals surface area (Å²) in [5.74, 6) is -0.682. The Labute approximate surface area is 136 Å². The van der Waals surface area contributed by atoms with E-state index in [9.17, 15) is 8.78 Å². The van der Waals surface area contributed by atoms with Crippen molar-refractivity contribution in [3.8, 4) is 10.8 Å². The van der Waals surface area contributed by atoms with E-state index in [4.69, 9.17) is 4.42 Å². The molecule has 0 aliphatic heterocycles. The second kappa shape index (κ2) is 6.55. The Morgan fingerprint density at radius 2 is 1.91 bits per heavy atom. The summed E-state index contributed by atoms with van der Waals surface area (Å²) >= 11 is 1.53. The van der Waals surface area contributed by atoms with E-state index in [1.54, 1.807) is 6.07 Å². The maximum Gasteiger partial charge on any atom is 0.274 e. The van der Waals surface area contributed by atoms with Gasteiger partial charge >= 0.3 is 0 Å². The van der Waals surface area contributed by atoms with Crippen molar-refractivity contribution >= 4 is 11.3 Å². The number of halogens is 2. The number of nitrogens with zero attached hydrogens (tertiary/aromatic N) is 2. The highest BCUT2D eigenvalue weighted by atomic mass is 32.1. The van der Waals surface area contributed by atoms with Gasteiger partial charge in [-0.2, -0.15) is 0 Å². The summed E-state index contributed by atoms with van der Waals surface area (Å²) in [6, 6.07) is 7.61. The number of hydrogen-bond donors (Lipinski definition) is 1. The third-order valence-electron chi connectivity index (χ3n) is 3.61. The third-order valence-corrected chi connectivity index (χ3v) is 4.47. The molecule has 0 aliphatic rings. The van der Waals surface area contributed by atoms with Crippen LogP contribution in [-0.2, 0) is 0 Å². The van der Waals surface area contributed by atoms with Gasteiger partial charge in [-0.1, -0.05) is 6.07 Å². The molecule has 7 heteroatoms. The van der Waals surface area contributed by atoms with Crippen LogP contribution in [0.3, 0.4) is 0 Å². The van der Waals surface area contributed by atoms with Crippen molar-refractivity contribution in [2.24, 2.45) is 0 Å². The first kappa shape index (κ1) is 15.8. The monoisotopic (exact) mass is 336 g/mol. The van der Waals surface area contributed by atoms with Crippen LogP contribution < -0.4 is 5.32 Å². The maximum atomic E-state index is 13.3. The first-order valence-electron chi connectivity index (χ1n) is 7.22. The number of thiophene rings is 1. The van der Waals surface area contributed by atoms with Gasteiger partial charge in [-0.25, -0.2) is 8.78 Å². The van der Waals surface area contributed by atoms with Crippen LogP contribution in [0, 0.1) is 11.6 Å². The Balaban J connectivity index is 1.71. The highest BCUT2D eigenvalue weighted by molar-refractivity contribution is 7.13. The second-order valence-electron chi connectivity index (χ2n) is 5.37. The minimum Gasteiger partial charge on any atom is -0.414 e.